The molecule has 12 heteroatoms. The molecule has 4 atom stereocenters. The summed E-state index contributed by atoms with van der Waals surface area (Å²) < 4.78 is 79.7. The summed E-state index contributed by atoms with van der Waals surface area (Å²) in [4.78, 5) is 28.3. The van der Waals surface area contributed by atoms with Crippen molar-refractivity contribution in [2.24, 2.45) is 0 Å². The first kappa shape index (κ1) is 21.0. The molecule has 0 radical (unpaired) electrons. The number of sulfone groups is 1. The van der Waals surface area contributed by atoms with Crippen molar-refractivity contribution in [3.8, 4) is 0 Å². The maximum atomic E-state index is 14.3. The lowest BCUT2D eigenvalue weighted by Gasteiger charge is -2.33. The van der Waals surface area contributed by atoms with Gasteiger partial charge in [-0.15, -0.1) is 0 Å². The van der Waals surface area contributed by atoms with Crippen LogP contribution >= 0.6 is 0 Å². The smallest absolute Gasteiger partial charge is 0.267 e. The quantitative estimate of drug-likeness (QED) is 0.392. The van der Waals surface area contributed by atoms with Crippen molar-refractivity contribution in [2.45, 2.75) is 22.5 Å². The molecule has 3 aliphatic rings. The average Bonchev–Trinajstić information content (AvgIpc) is 3.37. The molecule has 1 spiro atoms. The third-order valence-corrected chi connectivity index (χ3v) is 8.52. The zero-order valence-electron chi connectivity index (χ0n) is 16.3. The number of hydrogen-bond donors (Lipinski definition) is 0. The number of fused-ring (bicyclic) bond motifs is 1. The van der Waals surface area contributed by atoms with E-state index >= 15 is 0 Å². The van der Waals surface area contributed by atoms with E-state index in [9.17, 15) is 35.6 Å². The first-order valence-electron chi connectivity index (χ1n) is 9.62. The Morgan fingerprint density at radius 3 is 2.41 bits per heavy atom. The number of halogens is 4. The maximum Gasteiger partial charge on any atom is 0.433 e. The Morgan fingerprint density at radius 1 is 1.00 bits per heavy atom. The predicted octanol–water partition coefficient (Wildman–Crippen LogP) is 2.58. The highest BCUT2D eigenvalue weighted by atomic mass is 32.2. The van der Waals surface area contributed by atoms with Gasteiger partial charge in [-0.3, -0.25) is 4.79 Å². The second-order valence-corrected chi connectivity index (χ2v) is 10.1. The number of carbonyl (C=O) groups excluding carboxylic acids is 2. The number of hydrogen-bond acceptors (Lipinski definition) is 5. The van der Waals surface area contributed by atoms with E-state index in [2.05, 4.69) is 0 Å². The van der Waals surface area contributed by atoms with E-state index in [4.69, 9.17) is 0 Å². The lowest BCUT2D eigenvalue weighted by molar-refractivity contribution is -0.848. The van der Waals surface area contributed by atoms with E-state index < -0.39 is 60.1 Å². The molecule has 2 bridgehead atoms. The van der Waals surface area contributed by atoms with Crippen LogP contribution < -0.4 is 4.90 Å². The number of nitrogens with zero attached hydrogens (tertiary/aromatic N) is 3. The van der Waals surface area contributed by atoms with Gasteiger partial charge in [0.1, 0.15) is 17.4 Å². The fraction of sp³-hybridized carbons (Fsp3) is 0.300. The highest BCUT2D eigenvalue weighted by molar-refractivity contribution is 7.92. The summed E-state index contributed by atoms with van der Waals surface area (Å²) in [7, 11) is -4.38. The van der Waals surface area contributed by atoms with Gasteiger partial charge in [0.2, 0.25) is 15.2 Å². The molecular weight excluding hydrogens is 454 g/mol. The second-order valence-electron chi connectivity index (χ2n) is 8.06. The molecule has 7 nitrogen and oxygen atoms in total. The fourth-order valence-corrected chi connectivity index (χ4v) is 7.02. The summed E-state index contributed by atoms with van der Waals surface area (Å²) in [5.41, 5.74) is -1.32. The number of rotatable bonds is 3. The van der Waals surface area contributed by atoms with Crippen LogP contribution in [0.25, 0.3) is 0 Å². The number of benzene rings is 2. The van der Waals surface area contributed by atoms with Crippen LogP contribution in [-0.2, 0) is 20.8 Å². The van der Waals surface area contributed by atoms with Crippen molar-refractivity contribution in [3.63, 3.8) is 0 Å². The van der Waals surface area contributed by atoms with E-state index in [0.717, 1.165) is 24.3 Å². The Morgan fingerprint density at radius 2 is 1.72 bits per heavy atom. The van der Waals surface area contributed by atoms with Crippen LogP contribution in [0.5, 0.6) is 0 Å². The summed E-state index contributed by atoms with van der Waals surface area (Å²) in [6.07, 6.45) is -4.69. The predicted molar refractivity (Wildman–Crippen MR) is 102 cm³/mol. The summed E-state index contributed by atoms with van der Waals surface area (Å²) in [6.45, 7) is -0.102. The van der Waals surface area contributed by atoms with Gasteiger partial charge in [-0.25, -0.2) is 22.5 Å². The lowest BCUT2D eigenvalue weighted by Crippen LogP contribution is -2.62. The van der Waals surface area contributed by atoms with Gasteiger partial charge in [0.25, 0.3) is 5.91 Å². The number of carbonyl (C=O) groups is 2. The van der Waals surface area contributed by atoms with E-state index in [1.54, 1.807) is 4.90 Å². The third kappa shape index (κ3) is 2.69. The number of amides is 3. The summed E-state index contributed by atoms with van der Waals surface area (Å²) in [6, 6.07) is 6.49. The van der Waals surface area contributed by atoms with Gasteiger partial charge in [-0.2, -0.15) is 22.6 Å². The Bertz CT molecular complexity index is 1270. The number of anilines is 1. The molecule has 168 valence electrons. The van der Waals surface area contributed by atoms with Gasteiger partial charge in [0.15, 0.2) is 6.04 Å². The van der Waals surface area contributed by atoms with Crippen LogP contribution in [0.15, 0.2) is 53.4 Å². The molecule has 32 heavy (non-hydrogen) atoms. The molecule has 2 aromatic rings. The lowest BCUT2D eigenvalue weighted by atomic mass is 10.1. The zero-order valence-corrected chi connectivity index (χ0v) is 17.1. The number of piperazine rings is 1. The fourth-order valence-electron chi connectivity index (χ4n) is 4.92. The molecule has 3 aliphatic heterocycles. The third-order valence-electron chi connectivity index (χ3n) is 6.34. The molecule has 5 rings (SSSR count). The molecule has 0 aromatic heterocycles. The van der Waals surface area contributed by atoms with Crippen LogP contribution in [0.1, 0.15) is 5.56 Å². The van der Waals surface area contributed by atoms with Crippen LogP contribution in [0.3, 0.4) is 0 Å². The molecule has 3 fully saturated rings. The van der Waals surface area contributed by atoms with E-state index in [0.29, 0.717) is 11.0 Å². The first-order valence-corrected chi connectivity index (χ1v) is 11.2. The topological polar surface area (TPSA) is 74.8 Å². The minimum atomic E-state index is -4.69. The Hall–Kier alpha value is -2.83. The summed E-state index contributed by atoms with van der Waals surface area (Å²) in [5.74, 6) is -1.75. The molecule has 0 saturated carbocycles. The van der Waals surface area contributed by atoms with Crippen molar-refractivity contribution in [1.82, 2.24) is 4.90 Å². The monoisotopic (exact) mass is 470 g/mol. The number of alkyl halides is 3. The molecule has 3 heterocycles. The van der Waals surface area contributed by atoms with Crippen molar-refractivity contribution in [1.29, 1.82) is 0 Å². The summed E-state index contributed by atoms with van der Waals surface area (Å²) in [5, 5.41) is -1.45. The number of imide groups is 1. The Labute approximate surface area is 179 Å². The Kier molecular flexibility index (Phi) is 4.33. The highest BCUT2D eigenvalue weighted by Gasteiger charge is 2.75. The van der Waals surface area contributed by atoms with E-state index in [-0.39, 0.29) is 25.4 Å². The van der Waals surface area contributed by atoms with Crippen molar-refractivity contribution < 1.29 is 40.1 Å². The molecule has 3 saturated heterocycles. The van der Waals surface area contributed by atoms with Gasteiger partial charge < -0.3 is 0 Å². The maximum absolute atomic E-state index is 14.3. The van der Waals surface area contributed by atoms with Gasteiger partial charge in [-0.05, 0) is 30.3 Å². The van der Waals surface area contributed by atoms with Crippen molar-refractivity contribution in [3.05, 3.63) is 59.9 Å². The average molecular weight is 470 g/mol. The number of quaternary nitrogens is 1. The highest BCUT2D eigenvalue weighted by Crippen LogP contribution is 2.46. The van der Waals surface area contributed by atoms with Crippen LogP contribution in [-0.4, -0.2) is 60.9 Å². The molecule has 2 aromatic carbocycles. The molecule has 0 aliphatic carbocycles. The van der Waals surface area contributed by atoms with Crippen molar-refractivity contribution in [2.75, 3.05) is 24.7 Å². The normalized spacial score (nSPS) is 29.6. The number of urea groups is 1. The van der Waals surface area contributed by atoms with Gasteiger partial charge in [-0.1, -0.05) is 18.2 Å². The van der Waals surface area contributed by atoms with E-state index in [1.165, 1.54) is 18.2 Å². The van der Waals surface area contributed by atoms with Gasteiger partial charge in [0.05, 0.1) is 24.3 Å². The largest absolute Gasteiger partial charge is 0.433 e. The van der Waals surface area contributed by atoms with Crippen LogP contribution in [0, 0.1) is 5.82 Å². The van der Waals surface area contributed by atoms with Crippen LogP contribution in [0.2, 0.25) is 0 Å². The van der Waals surface area contributed by atoms with E-state index in [1.807, 2.05) is 0 Å². The molecule has 3 unspecified atom stereocenters. The summed E-state index contributed by atoms with van der Waals surface area (Å²) >= 11 is 0. The standard InChI is InChI=1S/C20H16F4N3O4S/c21-14-6-1-2-7-16(14)32(30,31)17-10-25-9-15-18(28)26(19(29)27(15,17)11-25)13-5-3-4-12(8-13)20(22,23)24/h1-8,15,17H,9-11H2/q+1. The second kappa shape index (κ2) is 6.59. The molecular formula is C20H16F4N3O4S+. The minimum absolute atomic E-state index is 0.0866. The van der Waals surface area contributed by atoms with Crippen LogP contribution in [0.4, 0.5) is 28.0 Å². The van der Waals surface area contributed by atoms with Gasteiger partial charge >= 0.3 is 12.2 Å². The zero-order chi connectivity index (χ0) is 23.1. The van der Waals surface area contributed by atoms with Crippen molar-refractivity contribution >= 4 is 27.5 Å². The minimum Gasteiger partial charge on any atom is -0.267 e. The Balaban J connectivity index is 1.60. The van der Waals surface area contributed by atoms with Gasteiger partial charge in [0, 0.05) is 0 Å². The first-order chi connectivity index (χ1) is 15.0. The molecule has 0 N–H and O–H groups in total. The SMILES string of the molecule is O=C1C2C[N@@]3CC(S(=O)(=O)c4ccccc4F)[N+]2(C3)C(=O)N1c1cccc(C(F)(F)F)c1. The molecule has 3 amide bonds.